The number of carbonyl (C=O) groups is 1. The average molecular weight is 295 g/mol. The Kier molecular flexibility index (Phi) is 4.02. The Balaban J connectivity index is 2.25. The van der Waals surface area contributed by atoms with E-state index in [-0.39, 0.29) is 4.90 Å². The molecular weight excluding hydrogens is 284 g/mol. The Morgan fingerprint density at radius 2 is 1.68 bits per heavy atom. The quantitative estimate of drug-likeness (QED) is 0.815. The summed E-state index contributed by atoms with van der Waals surface area (Å²) in [7, 11) is -3.66. The van der Waals surface area contributed by atoms with E-state index < -0.39 is 21.4 Å². The first-order valence-corrected chi connectivity index (χ1v) is 7.59. The van der Waals surface area contributed by atoms with E-state index in [1.807, 2.05) is 0 Å². The van der Waals surface area contributed by atoms with Crippen LogP contribution in [0.25, 0.3) is 0 Å². The van der Waals surface area contributed by atoms with Crippen molar-refractivity contribution in [1.29, 1.82) is 0 Å². The van der Waals surface area contributed by atoms with Crippen LogP contribution in [0.5, 0.6) is 0 Å². The lowest BCUT2D eigenvalue weighted by atomic mass is 10.2. The summed E-state index contributed by atoms with van der Waals surface area (Å²) in [6.07, 6.45) is 0. The molecule has 2 aromatic carbocycles. The molecule has 0 aliphatic carbocycles. The first-order valence-electron chi connectivity index (χ1n) is 5.55. The van der Waals surface area contributed by atoms with Crippen molar-refractivity contribution in [3.05, 3.63) is 65.2 Å². The van der Waals surface area contributed by atoms with Gasteiger partial charge in [0, 0.05) is 10.6 Å². The summed E-state index contributed by atoms with van der Waals surface area (Å²) in [5.74, 6) is -0.988. The molecule has 98 valence electrons. The van der Waals surface area contributed by atoms with Gasteiger partial charge in [0.1, 0.15) is 5.75 Å². The zero-order valence-electron chi connectivity index (χ0n) is 9.91. The molecule has 0 heterocycles. The van der Waals surface area contributed by atoms with Crippen molar-refractivity contribution in [2.24, 2.45) is 0 Å². The fraction of sp³-hybridized carbons (Fsp3) is 0.0714. The molecule has 0 N–H and O–H groups in total. The molecule has 2 aromatic rings. The molecule has 19 heavy (non-hydrogen) atoms. The second-order valence-electron chi connectivity index (χ2n) is 4.01. The molecule has 2 rings (SSSR count). The molecule has 0 atom stereocenters. The molecule has 0 aliphatic rings. The predicted octanol–water partition coefficient (Wildman–Crippen LogP) is 3.00. The Hall–Kier alpha value is -1.65. The van der Waals surface area contributed by atoms with Crippen molar-refractivity contribution in [3.8, 4) is 0 Å². The average Bonchev–Trinajstić information content (AvgIpc) is 2.39. The Bertz CT molecular complexity index is 694. The van der Waals surface area contributed by atoms with E-state index in [9.17, 15) is 13.2 Å². The van der Waals surface area contributed by atoms with Crippen LogP contribution in [-0.2, 0) is 9.84 Å². The Labute approximate surface area is 116 Å². The highest BCUT2D eigenvalue weighted by Crippen LogP contribution is 2.17. The van der Waals surface area contributed by atoms with Crippen LogP contribution >= 0.6 is 11.6 Å². The largest absolute Gasteiger partial charge is 0.293 e. The highest BCUT2D eigenvalue weighted by molar-refractivity contribution is 7.92. The second kappa shape index (κ2) is 5.55. The molecule has 0 amide bonds. The fourth-order valence-corrected chi connectivity index (χ4v) is 3.15. The Morgan fingerprint density at radius 1 is 1.00 bits per heavy atom. The van der Waals surface area contributed by atoms with Crippen LogP contribution in [0.1, 0.15) is 10.4 Å². The normalized spacial score (nSPS) is 11.2. The lowest BCUT2D eigenvalue weighted by Gasteiger charge is -2.04. The van der Waals surface area contributed by atoms with Crippen LogP contribution in [-0.4, -0.2) is 20.0 Å². The van der Waals surface area contributed by atoms with Crippen molar-refractivity contribution in [2.45, 2.75) is 4.90 Å². The van der Waals surface area contributed by atoms with E-state index >= 15 is 0 Å². The number of Topliss-reactive ketones (excluding diaryl/α,β-unsaturated/α-hetero) is 1. The predicted molar refractivity (Wildman–Crippen MR) is 74.3 cm³/mol. The van der Waals surface area contributed by atoms with Gasteiger partial charge in [-0.1, -0.05) is 48.0 Å². The lowest BCUT2D eigenvalue weighted by molar-refractivity contribution is 0.102. The van der Waals surface area contributed by atoms with Gasteiger partial charge in [0.2, 0.25) is 0 Å². The van der Waals surface area contributed by atoms with Crippen LogP contribution in [0.3, 0.4) is 0 Å². The minimum Gasteiger partial charge on any atom is -0.293 e. The zero-order valence-corrected chi connectivity index (χ0v) is 11.5. The second-order valence-corrected chi connectivity index (χ2v) is 6.43. The number of halogens is 1. The maximum Gasteiger partial charge on any atom is 0.185 e. The lowest BCUT2D eigenvalue weighted by Crippen LogP contribution is -2.16. The summed E-state index contributed by atoms with van der Waals surface area (Å²) in [6, 6.07) is 14.2. The van der Waals surface area contributed by atoms with Gasteiger partial charge < -0.3 is 0 Å². The van der Waals surface area contributed by atoms with Gasteiger partial charge in [-0.3, -0.25) is 4.79 Å². The topological polar surface area (TPSA) is 51.2 Å². The number of benzene rings is 2. The maximum absolute atomic E-state index is 12.1. The van der Waals surface area contributed by atoms with E-state index in [0.717, 1.165) is 0 Å². The number of rotatable bonds is 4. The van der Waals surface area contributed by atoms with Gasteiger partial charge >= 0.3 is 0 Å². The molecule has 0 aliphatic heterocycles. The summed E-state index contributed by atoms with van der Waals surface area (Å²) in [5.41, 5.74) is 0.383. The number of hydrogen-bond acceptors (Lipinski definition) is 3. The van der Waals surface area contributed by atoms with Crippen molar-refractivity contribution < 1.29 is 13.2 Å². The molecular formula is C14H11ClO3S. The van der Waals surface area contributed by atoms with Gasteiger partial charge in [0.25, 0.3) is 0 Å². The SMILES string of the molecule is O=C(CS(=O)(=O)c1cccc(Cl)c1)c1ccccc1. The standard InChI is InChI=1S/C14H11ClO3S/c15-12-7-4-8-13(9-12)19(17,18)10-14(16)11-5-2-1-3-6-11/h1-9H,10H2. The van der Waals surface area contributed by atoms with E-state index in [1.165, 1.54) is 12.1 Å². The molecule has 0 radical (unpaired) electrons. The zero-order chi connectivity index (χ0) is 13.9. The van der Waals surface area contributed by atoms with Gasteiger partial charge in [0.15, 0.2) is 15.6 Å². The number of sulfone groups is 1. The minimum atomic E-state index is -3.66. The van der Waals surface area contributed by atoms with Crippen molar-refractivity contribution in [1.82, 2.24) is 0 Å². The van der Waals surface area contributed by atoms with Crippen LogP contribution < -0.4 is 0 Å². The van der Waals surface area contributed by atoms with E-state index in [2.05, 4.69) is 0 Å². The number of ketones is 1. The van der Waals surface area contributed by atoms with Gasteiger partial charge in [-0.05, 0) is 18.2 Å². The molecule has 0 bridgehead atoms. The molecule has 0 saturated carbocycles. The number of hydrogen-bond donors (Lipinski definition) is 0. The van der Waals surface area contributed by atoms with Crippen molar-refractivity contribution >= 4 is 27.2 Å². The van der Waals surface area contributed by atoms with Gasteiger partial charge in [-0.15, -0.1) is 0 Å². The molecule has 0 aromatic heterocycles. The van der Waals surface area contributed by atoms with Crippen LogP contribution in [0.15, 0.2) is 59.5 Å². The molecule has 0 unspecified atom stereocenters. The summed E-state index contributed by atoms with van der Waals surface area (Å²) < 4.78 is 24.2. The molecule has 3 nitrogen and oxygen atoms in total. The van der Waals surface area contributed by atoms with E-state index in [1.54, 1.807) is 42.5 Å². The summed E-state index contributed by atoms with van der Waals surface area (Å²) >= 11 is 5.76. The smallest absolute Gasteiger partial charge is 0.185 e. The Morgan fingerprint density at radius 3 is 2.32 bits per heavy atom. The first kappa shape index (κ1) is 13.8. The minimum absolute atomic E-state index is 0.0595. The summed E-state index contributed by atoms with van der Waals surface area (Å²) in [5, 5.41) is 0.327. The molecule has 5 heteroatoms. The monoisotopic (exact) mass is 294 g/mol. The fourth-order valence-electron chi connectivity index (χ4n) is 1.62. The first-order chi connectivity index (χ1) is 8.99. The summed E-state index contributed by atoms with van der Waals surface area (Å²) in [4.78, 5) is 12.0. The molecule has 0 spiro atoms. The van der Waals surface area contributed by atoms with Crippen molar-refractivity contribution in [2.75, 3.05) is 5.75 Å². The summed E-state index contributed by atoms with van der Waals surface area (Å²) in [6.45, 7) is 0. The molecule has 0 fully saturated rings. The molecule has 0 saturated heterocycles. The third-order valence-electron chi connectivity index (χ3n) is 2.57. The van der Waals surface area contributed by atoms with Gasteiger partial charge in [-0.2, -0.15) is 0 Å². The maximum atomic E-state index is 12.1. The number of carbonyl (C=O) groups excluding carboxylic acids is 1. The van der Waals surface area contributed by atoms with Crippen LogP contribution in [0.4, 0.5) is 0 Å². The van der Waals surface area contributed by atoms with E-state index in [0.29, 0.717) is 10.6 Å². The van der Waals surface area contributed by atoms with Crippen molar-refractivity contribution in [3.63, 3.8) is 0 Å². The highest BCUT2D eigenvalue weighted by Gasteiger charge is 2.20. The van der Waals surface area contributed by atoms with Crippen LogP contribution in [0, 0.1) is 0 Å². The van der Waals surface area contributed by atoms with E-state index in [4.69, 9.17) is 11.6 Å². The third kappa shape index (κ3) is 3.43. The highest BCUT2D eigenvalue weighted by atomic mass is 35.5. The van der Waals surface area contributed by atoms with Gasteiger partial charge in [-0.25, -0.2) is 8.42 Å². The van der Waals surface area contributed by atoms with Gasteiger partial charge in [0.05, 0.1) is 4.90 Å². The third-order valence-corrected chi connectivity index (χ3v) is 4.42. The van der Waals surface area contributed by atoms with Crippen LogP contribution in [0.2, 0.25) is 5.02 Å².